The van der Waals surface area contributed by atoms with Crippen LogP contribution in [0.2, 0.25) is 0 Å². The molecule has 0 fully saturated rings. The summed E-state index contributed by atoms with van der Waals surface area (Å²) in [5.74, 6) is 0. The van der Waals surface area contributed by atoms with Gasteiger partial charge in [0.2, 0.25) is 10.0 Å². The Hall–Kier alpha value is -2.12. The highest BCUT2D eigenvalue weighted by atomic mass is 32.2. The highest BCUT2D eigenvalue weighted by Crippen LogP contribution is 2.24. The number of rotatable bonds is 5. The Kier molecular flexibility index (Phi) is 4.44. The van der Waals surface area contributed by atoms with Gasteiger partial charge in [-0.1, -0.05) is 0 Å². The topological polar surface area (TPSA) is 88.3 Å². The second-order valence-corrected chi connectivity index (χ2v) is 6.90. The molecular weight excluding hydrogens is 288 g/mol. The first-order chi connectivity index (χ1) is 9.91. The van der Waals surface area contributed by atoms with E-state index in [1.54, 1.807) is 24.5 Å². The molecule has 1 aromatic carbocycles. The summed E-state index contributed by atoms with van der Waals surface area (Å²) in [6.07, 6.45) is 3.43. The van der Waals surface area contributed by atoms with E-state index >= 15 is 0 Å². The number of aromatic nitrogens is 1. The number of hydrogen-bond acceptors (Lipinski definition) is 5. The van der Waals surface area contributed by atoms with Gasteiger partial charge in [-0.15, -0.1) is 0 Å². The van der Waals surface area contributed by atoms with E-state index in [4.69, 9.17) is 5.73 Å². The van der Waals surface area contributed by atoms with Crippen LogP contribution in [0.25, 0.3) is 0 Å². The number of pyridine rings is 1. The zero-order valence-corrected chi connectivity index (χ0v) is 12.8. The summed E-state index contributed by atoms with van der Waals surface area (Å²) < 4.78 is 25.2. The molecule has 0 unspecified atom stereocenters. The normalized spacial score (nSPS) is 11.6. The molecule has 21 heavy (non-hydrogen) atoms. The number of nitrogens with zero attached hydrogens (tertiary/aromatic N) is 2. The van der Waals surface area contributed by atoms with Crippen molar-refractivity contribution < 1.29 is 8.42 Å². The summed E-state index contributed by atoms with van der Waals surface area (Å²) in [4.78, 5) is 4.13. The van der Waals surface area contributed by atoms with Gasteiger partial charge in [-0.2, -0.15) is 0 Å². The SMILES string of the molecule is CN(C)S(=O)(=O)c1ccc(NCc2ccncc2)c(N)c1. The third-order valence-corrected chi connectivity index (χ3v) is 4.85. The molecule has 0 aliphatic rings. The Morgan fingerprint density at radius 3 is 2.43 bits per heavy atom. The Bertz CT molecular complexity index is 715. The van der Waals surface area contributed by atoms with E-state index < -0.39 is 10.0 Å². The minimum absolute atomic E-state index is 0.180. The summed E-state index contributed by atoms with van der Waals surface area (Å²) in [5, 5.41) is 3.18. The molecule has 3 N–H and O–H groups in total. The minimum atomic E-state index is -3.47. The maximum Gasteiger partial charge on any atom is 0.242 e. The molecule has 1 heterocycles. The first-order valence-corrected chi connectivity index (χ1v) is 7.80. The molecule has 0 saturated heterocycles. The second-order valence-electron chi connectivity index (χ2n) is 4.75. The highest BCUT2D eigenvalue weighted by Gasteiger charge is 2.17. The van der Waals surface area contributed by atoms with Crippen LogP contribution in [0.1, 0.15) is 5.56 Å². The Morgan fingerprint density at radius 2 is 1.86 bits per heavy atom. The van der Waals surface area contributed by atoms with Gasteiger partial charge in [0.1, 0.15) is 0 Å². The van der Waals surface area contributed by atoms with Crippen molar-refractivity contribution in [1.29, 1.82) is 0 Å². The molecule has 7 heteroatoms. The van der Waals surface area contributed by atoms with Crippen molar-refractivity contribution >= 4 is 21.4 Å². The van der Waals surface area contributed by atoms with E-state index in [-0.39, 0.29) is 4.90 Å². The lowest BCUT2D eigenvalue weighted by Crippen LogP contribution is -2.22. The van der Waals surface area contributed by atoms with E-state index in [0.717, 1.165) is 9.87 Å². The van der Waals surface area contributed by atoms with Crippen LogP contribution in [0.15, 0.2) is 47.6 Å². The number of nitrogens with one attached hydrogen (secondary N) is 1. The molecule has 2 rings (SSSR count). The first-order valence-electron chi connectivity index (χ1n) is 6.36. The third kappa shape index (κ3) is 3.50. The zero-order valence-electron chi connectivity index (χ0n) is 11.9. The predicted octanol–water partition coefficient (Wildman–Crippen LogP) is 1.53. The highest BCUT2D eigenvalue weighted by molar-refractivity contribution is 7.89. The number of anilines is 2. The molecule has 6 nitrogen and oxygen atoms in total. The van der Waals surface area contributed by atoms with Crippen LogP contribution < -0.4 is 11.1 Å². The number of nitrogen functional groups attached to an aromatic ring is 1. The number of hydrogen-bond donors (Lipinski definition) is 2. The van der Waals surface area contributed by atoms with E-state index in [1.165, 1.54) is 20.2 Å². The van der Waals surface area contributed by atoms with Gasteiger partial charge >= 0.3 is 0 Å². The van der Waals surface area contributed by atoms with E-state index in [1.807, 2.05) is 12.1 Å². The Balaban J connectivity index is 2.17. The fraction of sp³-hybridized carbons (Fsp3) is 0.214. The molecular formula is C14H18N4O2S. The van der Waals surface area contributed by atoms with Gasteiger partial charge in [0.05, 0.1) is 16.3 Å². The quantitative estimate of drug-likeness (QED) is 0.818. The minimum Gasteiger partial charge on any atom is -0.397 e. The summed E-state index contributed by atoms with van der Waals surface area (Å²) in [6, 6.07) is 8.47. The molecule has 0 amide bonds. The van der Waals surface area contributed by atoms with Gasteiger partial charge in [0.25, 0.3) is 0 Å². The van der Waals surface area contributed by atoms with Crippen LogP contribution in [-0.2, 0) is 16.6 Å². The van der Waals surface area contributed by atoms with Gasteiger partial charge in [0, 0.05) is 33.0 Å². The number of sulfonamides is 1. The molecule has 0 bridgehead atoms. The third-order valence-electron chi connectivity index (χ3n) is 3.03. The summed E-state index contributed by atoms with van der Waals surface area (Å²) >= 11 is 0. The lowest BCUT2D eigenvalue weighted by atomic mass is 10.2. The Morgan fingerprint density at radius 1 is 1.19 bits per heavy atom. The fourth-order valence-electron chi connectivity index (χ4n) is 1.77. The maximum atomic E-state index is 12.0. The van der Waals surface area contributed by atoms with Gasteiger partial charge in [-0.05, 0) is 35.9 Å². The lowest BCUT2D eigenvalue weighted by Gasteiger charge is -2.14. The predicted molar refractivity (Wildman–Crippen MR) is 83.3 cm³/mol. The molecule has 1 aromatic heterocycles. The fourth-order valence-corrected chi connectivity index (χ4v) is 2.71. The summed E-state index contributed by atoms with van der Waals surface area (Å²) in [5.41, 5.74) is 8.08. The van der Waals surface area contributed by atoms with E-state index in [9.17, 15) is 8.42 Å². The van der Waals surface area contributed by atoms with Crippen LogP contribution >= 0.6 is 0 Å². The standard InChI is InChI=1S/C14H18N4O2S/c1-18(2)21(19,20)12-3-4-14(13(15)9-12)17-10-11-5-7-16-8-6-11/h3-9,17H,10,15H2,1-2H3. The molecule has 0 atom stereocenters. The zero-order chi connectivity index (χ0) is 15.5. The van der Waals surface area contributed by atoms with Crippen molar-refractivity contribution in [3.05, 3.63) is 48.3 Å². The van der Waals surface area contributed by atoms with Gasteiger partial charge < -0.3 is 11.1 Å². The summed E-state index contributed by atoms with van der Waals surface area (Å²) in [7, 11) is -0.492. The van der Waals surface area contributed by atoms with Crippen LogP contribution in [0, 0.1) is 0 Å². The van der Waals surface area contributed by atoms with Crippen LogP contribution in [0.4, 0.5) is 11.4 Å². The Labute approximate surface area is 124 Å². The number of benzene rings is 1. The average molecular weight is 306 g/mol. The van der Waals surface area contributed by atoms with Crippen molar-refractivity contribution in [3.63, 3.8) is 0 Å². The first kappa shape index (κ1) is 15.3. The van der Waals surface area contributed by atoms with Crippen molar-refractivity contribution in [2.75, 3.05) is 25.1 Å². The molecule has 0 spiro atoms. The van der Waals surface area contributed by atoms with Gasteiger partial charge in [-0.25, -0.2) is 12.7 Å². The van der Waals surface area contributed by atoms with Crippen molar-refractivity contribution in [3.8, 4) is 0 Å². The molecule has 0 saturated carbocycles. The van der Waals surface area contributed by atoms with Crippen LogP contribution in [-0.4, -0.2) is 31.8 Å². The van der Waals surface area contributed by atoms with Crippen LogP contribution in [0.5, 0.6) is 0 Å². The molecule has 2 aromatic rings. The van der Waals surface area contributed by atoms with Crippen molar-refractivity contribution in [2.24, 2.45) is 0 Å². The van der Waals surface area contributed by atoms with Crippen LogP contribution in [0.3, 0.4) is 0 Å². The molecule has 112 valence electrons. The maximum absolute atomic E-state index is 12.0. The molecule has 0 aliphatic heterocycles. The van der Waals surface area contributed by atoms with E-state index in [2.05, 4.69) is 10.3 Å². The van der Waals surface area contributed by atoms with Gasteiger partial charge in [0.15, 0.2) is 0 Å². The van der Waals surface area contributed by atoms with Crippen molar-refractivity contribution in [2.45, 2.75) is 11.4 Å². The van der Waals surface area contributed by atoms with Gasteiger partial charge in [-0.3, -0.25) is 4.98 Å². The summed E-state index contributed by atoms with van der Waals surface area (Å²) in [6.45, 7) is 0.590. The largest absolute Gasteiger partial charge is 0.397 e. The molecule has 0 aliphatic carbocycles. The van der Waals surface area contributed by atoms with Crippen molar-refractivity contribution in [1.82, 2.24) is 9.29 Å². The lowest BCUT2D eigenvalue weighted by molar-refractivity contribution is 0.521. The monoisotopic (exact) mass is 306 g/mol. The number of nitrogens with two attached hydrogens (primary N) is 1. The second kappa shape index (κ2) is 6.11. The smallest absolute Gasteiger partial charge is 0.242 e. The average Bonchev–Trinajstić information content (AvgIpc) is 2.46. The van der Waals surface area contributed by atoms with E-state index in [0.29, 0.717) is 17.9 Å². The molecule has 0 radical (unpaired) electrons.